The molecule has 2 saturated heterocycles. The van der Waals surface area contributed by atoms with Crippen molar-refractivity contribution in [1.82, 2.24) is 25.1 Å². The number of ether oxygens (including phenoxy) is 1. The lowest BCUT2D eigenvalue weighted by Crippen LogP contribution is -2.45. The Morgan fingerprint density at radius 3 is 2.56 bits per heavy atom. The van der Waals surface area contributed by atoms with Crippen molar-refractivity contribution in [1.29, 1.82) is 0 Å². The van der Waals surface area contributed by atoms with Gasteiger partial charge in [0.15, 0.2) is 17.4 Å². The zero-order chi connectivity index (χ0) is 30.7. The zero-order valence-corrected chi connectivity index (χ0v) is 24.0. The number of piperidine rings is 1. The van der Waals surface area contributed by atoms with Crippen molar-refractivity contribution < 1.29 is 32.3 Å². The fourth-order valence-corrected chi connectivity index (χ4v) is 5.60. The summed E-state index contributed by atoms with van der Waals surface area (Å²) in [4.78, 5) is 44.4. The van der Waals surface area contributed by atoms with Crippen LogP contribution in [0.5, 0.6) is 5.75 Å². The summed E-state index contributed by atoms with van der Waals surface area (Å²) in [6.45, 7) is 1.20. The molecule has 1 atom stereocenters. The van der Waals surface area contributed by atoms with Crippen molar-refractivity contribution in [2.75, 3.05) is 38.4 Å². The second-order valence-corrected chi connectivity index (χ2v) is 10.8. The molecule has 0 bridgehead atoms. The van der Waals surface area contributed by atoms with Crippen LogP contribution in [0, 0.1) is 17.6 Å². The summed E-state index contributed by atoms with van der Waals surface area (Å²) in [6.07, 6.45) is 3.23. The van der Waals surface area contributed by atoms with E-state index in [0.29, 0.717) is 25.9 Å². The number of benzene rings is 2. The van der Waals surface area contributed by atoms with Crippen molar-refractivity contribution in [2.45, 2.75) is 25.3 Å². The van der Waals surface area contributed by atoms with E-state index in [1.54, 1.807) is 4.90 Å². The first-order valence-corrected chi connectivity index (χ1v) is 14.2. The molecule has 3 N–H and O–H groups in total. The maximum absolute atomic E-state index is 14.6. The Balaban J connectivity index is 1.21. The molecule has 10 nitrogen and oxygen atoms in total. The predicted octanol–water partition coefficient (Wildman–Crippen LogP) is 3.91. The van der Waals surface area contributed by atoms with Crippen molar-refractivity contribution in [3.05, 3.63) is 64.6 Å². The van der Waals surface area contributed by atoms with Gasteiger partial charge in [-0.2, -0.15) is 4.39 Å². The SMILES string of the molecule is Cn1c(-c2ccc(OCF)c(F)c2F)cnc1C(=O)Nc1ccc(C(=O)N2CCC(C(=O)N[C@@H]3CCNC3)CC2)c(Cl)c1. The van der Waals surface area contributed by atoms with Crippen molar-refractivity contribution in [2.24, 2.45) is 13.0 Å². The van der Waals surface area contributed by atoms with Crippen LogP contribution in [0.3, 0.4) is 0 Å². The maximum Gasteiger partial charge on any atom is 0.291 e. The number of halogens is 4. The minimum atomic E-state index is -1.36. The molecular weight excluding hydrogens is 589 g/mol. The van der Waals surface area contributed by atoms with E-state index in [-0.39, 0.29) is 57.1 Å². The molecule has 1 aromatic heterocycles. The number of anilines is 1. The summed E-state index contributed by atoms with van der Waals surface area (Å²) in [6, 6.07) is 6.90. The predicted molar refractivity (Wildman–Crippen MR) is 153 cm³/mol. The Bertz CT molecular complexity index is 1540. The van der Waals surface area contributed by atoms with Crippen LogP contribution >= 0.6 is 11.6 Å². The van der Waals surface area contributed by atoms with E-state index < -0.39 is 30.2 Å². The summed E-state index contributed by atoms with van der Waals surface area (Å²) in [5.74, 6) is -4.37. The van der Waals surface area contributed by atoms with Gasteiger partial charge in [0.25, 0.3) is 11.8 Å². The molecule has 0 unspecified atom stereocenters. The summed E-state index contributed by atoms with van der Waals surface area (Å²) in [7, 11) is 1.45. The van der Waals surface area contributed by atoms with E-state index in [0.717, 1.165) is 25.6 Å². The fourth-order valence-electron chi connectivity index (χ4n) is 5.34. The lowest BCUT2D eigenvalue weighted by molar-refractivity contribution is -0.126. The molecular formula is C29H30ClF3N6O4. The number of imidazole rings is 1. The van der Waals surface area contributed by atoms with E-state index in [9.17, 15) is 27.6 Å². The molecule has 228 valence electrons. The van der Waals surface area contributed by atoms with Gasteiger partial charge < -0.3 is 30.2 Å². The minimum Gasteiger partial charge on any atom is -0.460 e. The highest BCUT2D eigenvalue weighted by Gasteiger charge is 2.30. The second-order valence-electron chi connectivity index (χ2n) is 10.4. The topological polar surface area (TPSA) is 118 Å². The van der Waals surface area contributed by atoms with Crippen LogP contribution in [-0.2, 0) is 11.8 Å². The normalized spacial score (nSPS) is 17.1. The fraction of sp³-hybridized carbons (Fsp3) is 0.379. The Kier molecular flexibility index (Phi) is 9.21. The van der Waals surface area contributed by atoms with Gasteiger partial charge in [0, 0.05) is 49.9 Å². The summed E-state index contributed by atoms with van der Waals surface area (Å²) in [5, 5.41) is 9.07. The van der Waals surface area contributed by atoms with Gasteiger partial charge in [-0.1, -0.05) is 11.6 Å². The van der Waals surface area contributed by atoms with Crippen molar-refractivity contribution in [3.8, 4) is 17.0 Å². The number of carbonyl (C=O) groups excluding carboxylic acids is 3. The largest absolute Gasteiger partial charge is 0.460 e. The quantitative estimate of drug-likeness (QED) is 0.353. The number of nitrogens with zero attached hydrogens (tertiary/aromatic N) is 3. The summed E-state index contributed by atoms with van der Waals surface area (Å²) >= 11 is 6.43. The van der Waals surface area contributed by atoms with Crippen molar-refractivity contribution >= 4 is 35.0 Å². The number of nitrogens with one attached hydrogen (secondary N) is 3. The third kappa shape index (κ3) is 6.47. The molecule has 0 aliphatic carbocycles. The average molecular weight is 619 g/mol. The van der Waals surface area contributed by atoms with Crippen LogP contribution < -0.4 is 20.7 Å². The first-order chi connectivity index (χ1) is 20.7. The first kappa shape index (κ1) is 30.4. The molecule has 3 heterocycles. The molecule has 14 heteroatoms. The molecule has 2 aliphatic rings. The van der Waals surface area contributed by atoms with E-state index in [1.165, 1.54) is 42.1 Å². The molecule has 5 rings (SSSR count). The van der Waals surface area contributed by atoms with Gasteiger partial charge >= 0.3 is 0 Å². The molecule has 2 aliphatic heterocycles. The number of rotatable bonds is 8. The van der Waals surface area contributed by atoms with Crippen LogP contribution in [0.2, 0.25) is 5.02 Å². The van der Waals surface area contributed by atoms with Crippen molar-refractivity contribution in [3.63, 3.8) is 0 Å². The lowest BCUT2D eigenvalue weighted by atomic mass is 9.95. The molecule has 43 heavy (non-hydrogen) atoms. The van der Waals surface area contributed by atoms with Crippen LogP contribution in [0.15, 0.2) is 36.5 Å². The average Bonchev–Trinajstić information content (AvgIpc) is 3.65. The molecule has 2 aromatic carbocycles. The number of amides is 3. The van der Waals surface area contributed by atoms with Gasteiger partial charge in [-0.3, -0.25) is 14.4 Å². The first-order valence-electron chi connectivity index (χ1n) is 13.8. The smallest absolute Gasteiger partial charge is 0.291 e. The highest BCUT2D eigenvalue weighted by atomic mass is 35.5. The van der Waals surface area contributed by atoms with Gasteiger partial charge in [0.05, 0.1) is 22.5 Å². The number of carbonyl (C=O) groups is 3. The molecule has 0 radical (unpaired) electrons. The monoisotopic (exact) mass is 618 g/mol. The van der Waals surface area contributed by atoms with Gasteiger partial charge in [-0.25, -0.2) is 13.8 Å². The van der Waals surface area contributed by atoms with Gasteiger partial charge in [0.1, 0.15) is 0 Å². The highest BCUT2D eigenvalue weighted by molar-refractivity contribution is 6.34. The number of aromatic nitrogens is 2. The zero-order valence-electron chi connectivity index (χ0n) is 23.3. The summed E-state index contributed by atoms with van der Waals surface area (Å²) < 4.78 is 47.0. The number of hydrogen-bond donors (Lipinski definition) is 3. The lowest BCUT2D eigenvalue weighted by Gasteiger charge is -2.32. The Morgan fingerprint density at radius 2 is 1.88 bits per heavy atom. The molecule has 2 fully saturated rings. The van der Waals surface area contributed by atoms with Crippen LogP contribution in [0.25, 0.3) is 11.3 Å². The molecule has 3 amide bonds. The number of likely N-dealkylation sites (tertiary alicyclic amines) is 1. The molecule has 0 spiro atoms. The minimum absolute atomic E-state index is 0.0251. The third-order valence-electron chi connectivity index (χ3n) is 7.74. The molecule has 0 saturated carbocycles. The van der Waals surface area contributed by atoms with Crippen LogP contribution in [0.1, 0.15) is 40.2 Å². The Hall–Kier alpha value is -4.10. The second kappa shape index (κ2) is 13.0. The Labute approximate surface area is 250 Å². The third-order valence-corrected chi connectivity index (χ3v) is 8.05. The van der Waals surface area contributed by atoms with Gasteiger partial charge in [-0.15, -0.1) is 0 Å². The standard InChI is InChI=1S/C29H30ClF3N6O4/c1-38-22(20-4-5-23(43-15-31)25(33)24(20)32)14-35-26(38)28(41)36-17-2-3-19(21(30)12-17)29(42)39-10-7-16(8-11-39)27(40)37-18-6-9-34-13-18/h2-5,12,14,16,18,34H,6-11,13,15H2,1H3,(H,36,41)(H,37,40)/t18-/m1/s1. The highest BCUT2D eigenvalue weighted by Crippen LogP contribution is 2.31. The number of alkyl halides is 1. The summed E-state index contributed by atoms with van der Waals surface area (Å²) in [5.41, 5.74) is 0.456. The maximum atomic E-state index is 14.6. The Morgan fingerprint density at radius 1 is 1.12 bits per heavy atom. The number of hydrogen-bond acceptors (Lipinski definition) is 6. The van der Waals surface area contributed by atoms with E-state index in [2.05, 4.69) is 25.7 Å². The van der Waals surface area contributed by atoms with Gasteiger partial charge in [-0.05, 0) is 56.1 Å². The van der Waals surface area contributed by atoms with Crippen LogP contribution in [-0.4, -0.2) is 71.3 Å². The van der Waals surface area contributed by atoms with Crippen LogP contribution in [0.4, 0.5) is 18.9 Å². The van der Waals surface area contributed by atoms with E-state index >= 15 is 0 Å². The van der Waals surface area contributed by atoms with Gasteiger partial charge in [0.2, 0.25) is 18.6 Å². The van der Waals surface area contributed by atoms with E-state index in [1.807, 2.05) is 0 Å². The molecule has 3 aromatic rings. The van der Waals surface area contributed by atoms with E-state index in [4.69, 9.17) is 11.6 Å².